The van der Waals surface area contributed by atoms with Gasteiger partial charge in [-0.25, -0.2) is 4.79 Å². The average Bonchev–Trinajstić information content (AvgIpc) is 2.83. The Labute approximate surface area is 196 Å². The quantitative estimate of drug-likeness (QED) is 0.438. The molecular formula is C27H24N2O5. The molecule has 1 unspecified atom stereocenters. The molecule has 0 saturated carbocycles. The zero-order chi connectivity index (χ0) is 24.1. The summed E-state index contributed by atoms with van der Waals surface area (Å²) < 4.78 is 12.1. The Hall–Kier alpha value is -4.39. The summed E-state index contributed by atoms with van der Waals surface area (Å²) in [6, 6.07) is 22.5. The molecule has 4 aromatic rings. The number of primary amides is 1. The number of methoxy groups -OCH3 is 1. The van der Waals surface area contributed by atoms with Crippen LogP contribution in [0.1, 0.15) is 38.9 Å². The van der Waals surface area contributed by atoms with Crippen LogP contribution >= 0.6 is 0 Å². The predicted octanol–water partition coefficient (Wildman–Crippen LogP) is 3.33. The number of nitrogens with zero attached hydrogens (tertiary/aromatic N) is 1. The Morgan fingerprint density at radius 2 is 1.62 bits per heavy atom. The Bertz CT molecular complexity index is 1410. The first-order valence-electron chi connectivity index (χ1n) is 10.8. The number of aromatic nitrogens is 1. The van der Waals surface area contributed by atoms with Crippen molar-refractivity contribution in [2.75, 3.05) is 7.11 Å². The number of amides is 1. The van der Waals surface area contributed by atoms with Gasteiger partial charge in [-0.05, 0) is 23.1 Å². The Balaban J connectivity index is 1.86. The summed E-state index contributed by atoms with van der Waals surface area (Å²) in [6.07, 6.45) is 2.18. The zero-order valence-corrected chi connectivity index (χ0v) is 18.6. The fraction of sp³-hybridized carbons (Fsp3) is 0.148. The third-order valence-corrected chi connectivity index (χ3v) is 5.60. The van der Waals surface area contributed by atoms with Gasteiger partial charge in [-0.3, -0.25) is 9.59 Å². The molecule has 1 amide bonds. The van der Waals surface area contributed by atoms with E-state index in [0.29, 0.717) is 24.2 Å². The average molecular weight is 456 g/mol. The van der Waals surface area contributed by atoms with E-state index >= 15 is 0 Å². The maximum atomic E-state index is 13.3. The van der Waals surface area contributed by atoms with Crippen molar-refractivity contribution in [1.82, 2.24) is 4.57 Å². The monoisotopic (exact) mass is 456 g/mol. The first-order valence-corrected chi connectivity index (χ1v) is 10.8. The van der Waals surface area contributed by atoms with E-state index in [9.17, 15) is 14.4 Å². The van der Waals surface area contributed by atoms with Gasteiger partial charge < -0.3 is 19.5 Å². The molecule has 34 heavy (non-hydrogen) atoms. The van der Waals surface area contributed by atoms with Crippen LogP contribution in [0.3, 0.4) is 0 Å². The molecule has 0 saturated heterocycles. The van der Waals surface area contributed by atoms with Crippen molar-refractivity contribution < 1.29 is 13.9 Å². The fourth-order valence-corrected chi connectivity index (χ4v) is 3.94. The van der Waals surface area contributed by atoms with Crippen LogP contribution in [0.2, 0.25) is 0 Å². The number of rotatable bonds is 8. The molecule has 0 spiro atoms. The molecule has 7 nitrogen and oxygen atoms in total. The van der Waals surface area contributed by atoms with Crippen molar-refractivity contribution in [3.05, 3.63) is 134 Å². The number of ether oxygens (including phenoxy) is 1. The number of hydrogen-bond acceptors (Lipinski definition) is 5. The highest BCUT2D eigenvalue weighted by molar-refractivity contribution is 5.94. The van der Waals surface area contributed by atoms with Crippen molar-refractivity contribution in [2.24, 2.45) is 5.73 Å². The van der Waals surface area contributed by atoms with Gasteiger partial charge in [-0.15, -0.1) is 0 Å². The van der Waals surface area contributed by atoms with Crippen molar-refractivity contribution in [3.8, 4) is 5.75 Å². The van der Waals surface area contributed by atoms with Gasteiger partial charge in [0.25, 0.3) is 5.56 Å². The largest absolute Gasteiger partial charge is 0.496 e. The topological polar surface area (TPSA) is 105 Å². The predicted molar refractivity (Wildman–Crippen MR) is 128 cm³/mol. The van der Waals surface area contributed by atoms with Gasteiger partial charge in [0.1, 0.15) is 11.5 Å². The van der Waals surface area contributed by atoms with Gasteiger partial charge in [0.05, 0.1) is 24.8 Å². The minimum atomic E-state index is -0.707. The highest BCUT2D eigenvalue weighted by Gasteiger charge is 2.23. The standard InChI is InChI=1S/C27H24N2O5/c1-33-21-15-24(34-26(31)16-21)23(13-19-10-6-3-7-11-19)29-17-22(27(28)32)20(14-25(29)30)12-18-8-4-2-5-9-18/h2-11,14-17,23H,12-13H2,1H3,(H2,28,32). The van der Waals surface area contributed by atoms with Crippen molar-refractivity contribution in [3.63, 3.8) is 0 Å². The van der Waals surface area contributed by atoms with Crippen LogP contribution in [0.4, 0.5) is 0 Å². The maximum absolute atomic E-state index is 13.3. The summed E-state index contributed by atoms with van der Waals surface area (Å²) in [4.78, 5) is 37.8. The molecule has 2 heterocycles. The van der Waals surface area contributed by atoms with E-state index < -0.39 is 17.6 Å². The molecule has 0 aliphatic heterocycles. The number of benzene rings is 2. The molecule has 0 aliphatic carbocycles. The van der Waals surface area contributed by atoms with Gasteiger partial charge in [0, 0.05) is 24.8 Å². The molecule has 2 aromatic heterocycles. The molecule has 2 N–H and O–H groups in total. The van der Waals surface area contributed by atoms with E-state index in [2.05, 4.69) is 0 Å². The van der Waals surface area contributed by atoms with Crippen LogP contribution in [0.25, 0.3) is 0 Å². The first-order chi connectivity index (χ1) is 16.4. The second kappa shape index (κ2) is 10.0. The lowest BCUT2D eigenvalue weighted by Crippen LogP contribution is -2.30. The van der Waals surface area contributed by atoms with Crippen molar-refractivity contribution in [1.29, 1.82) is 0 Å². The minimum absolute atomic E-state index is 0.228. The van der Waals surface area contributed by atoms with E-state index in [1.54, 1.807) is 6.07 Å². The Morgan fingerprint density at radius 1 is 0.971 bits per heavy atom. The van der Waals surface area contributed by atoms with Crippen molar-refractivity contribution >= 4 is 5.91 Å². The fourth-order valence-electron chi connectivity index (χ4n) is 3.94. The molecule has 7 heteroatoms. The third-order valence-electron chi connectivity index (χ3n) is 5.60. The molecule has 0 aliphatic rings. The zero-order valence-electron chi connectivity index (χ0n) is 18.6. The number of hydrogen-bond donors (Lipinski definition) is 1. The molecule has 0 bridgehead atoms. The summed E-state index contributed by atoms with van der Waals surface area (Å²) in [5.41, 5.74) is 7.38. The first kappa shape index (κ1) is 22.8. The molecule has 0 radical (unpaired) electrons. The van der Waals surface area contributed by atoms with E-state index in [-0.39, 0.29) is 16.9 Å². The molecule has 172 valence electrons. The van der Waals surface area contributed by atoms with Gasteiger partial charge in [0.2, 0.25) is 5.91 Å². The number of nitrogens with two attached hydrogens (primary N) is 1. The second-order valence-electron chi connectivity index (χ2n) is 7.91. The molecule has 1 atom stereocenters. The molecule has 0 fully saturated rings. The van der Waals surface area contributed by atoms with Crippen LogP contribution in [-0.4, -0.2) is 17.6 Å². The van der Waals surface area contributed by atoms with E-state index in [0.717, 1.165) is 11.1 Å². The van der Waals surface area contributed by atoms with Crippen LogP contribution in [0.15, 0.2) is 99.1 Å². The lowest BCUT2D eigenvalue weighted by atomic mass is 9.99. The van der Waals surface area contributed by atoms with Gasteiger partial charge >= 0.3 is 5.63 Å². The Morgan fingerprint density at radius 3 is 2.24 bits per heavy atom. The molecule has 2 aromatic carbocycles. The smallest absolute Gasteiger partial charge is 0.339 e. The SMILES string of the molecule is COc1cc(C(Cc2ccccc2)n2cc(C(N)=O)c(Cc3ccccc3)cc2=O)oc(=O)c1. The van der Waals surface area contributed by atoms with E-state index in [4.69, 9.17) is 14.9 Å². The summed E-state index contributed by atoms with van der Waals surface area (Å²) in [5, 5.41) is 0. The summed E-state index contributed by atoms with van der Waals surface area (Å²) in [5.74, 6) is -0.0973. The lowest BCUT2D eigenvalue weighted by molar-refractivity contribution is 0.0998. The van der Waals surface area contributed by atoms with Gasteiger partial charge in [-0.2, -0.15) is 0 Å². The lowest BCUT2D eigenvalue weighted by Gasteiger charge is -2.21. The number of carbonyl (C=O) groups is 1. The highest BCUT2D eigenvalue weighted by Crippen LogP contribution is 2.25. The summed E-state index contributed by atoms with van der Waals surface area (Å²) >= 11 is 0. The normalized spacial score (nSPS) is 11.7. The summed E-state index contributed by atoms with van der Waals surface area (Å²) in [7, 11) is 1.44. The highest BCUT2D eigenvalue weighted by atomic mass is 16.5. The summed E-state index contributed by atoms with van der Waals surface area (Å²) in [6.45, 7) is 0. The Kier molecular flexibility index (Phi) is 6.73. The molecule has 4 rings (SSSR count). The van der Waals surface area contributed by atoms with Gasteiger partial charge in [0.15, 0.2) is 0 Å². The van der Waals surface area contributed by atoms with Crippen molar-refractivity contribution in [2.45, 2.75) is 18.9 Å². The van der Waals surface area contributed by atoms with Crippen LogP contribution in [0, 0.1) is 0 Å². The van der Waals surface area contributed by atoms with Gasteiger partial charge in [-0.1, -0.05) is 60.7 Å². The third kappa shape index (κ3) is 5.15. The second-order valence-corrected chi connectivity index (χ2v) is 7.91. The van der Waals surface area contributed by atoms with Crippen LogP contribution in [-0.2, 0) is 12.8 Å². The maximum Gasteiger partial charge on any atom is 0.339 e. The number of carbonyl (C=O) groups excluding carboxylic acids is 1. The van der Waals surface area contributed by atoms with Crippen LogP contribution in [0.5, 0.6) is 5.75 Å². The van der Waals surface area contributed by atoms with E-state index in [1.807, 2.05) is 60.7 Å². The van der Waals surface area contributed by atoms with E-state index in [1.165, 1.54) is 30.0 Å². The molecular weight excluding hydrogens is 432 g/mol. The van der Waals surface area contributed by atoms with Crippen LogP contribution < -0.4 is 21.7 Å². The minimum Gasteiger partial charge on any atom is -0.496 e. The number of pyridine rings is 1.